The fourth-order valence-electron chi connectivity index (χ4n) is 0.854. The molecule has 0 amide bonds. The van der Waals surface area contributed by atoms with Crippen LogP contribution in [-0.4, -0.2) is 18.1 Å². The summed E-state index contributed by atoms with van der Waals surface area (Å²) in [5.41, 5.74) is 0. The van der Waals surface area contributed by atoms with E-state index in [1.807, 2.05) is 0 Å². The second kappa shape index (κ2) is 7.43. The van der Waals surface area contributed by atoms with Crippen LogP contribution in [0.3, 0.4) is 0 Å². The Morgan fingerprint density at radius 1 is 0.875 bits per heavy atom. The molecule has 0 aromatic heterocycles. The van der Waals surface area contributed by atoms with E-state index in [0.29, 0.717) is 18.1 Å². The van der Waals surface area contributed by atoms with Crippen LogP contribution in [0.25, 0.3) is 0 Å². The molecular formula is C6H18Si2. The lowest BCUT2D eigenvalue weighted by atomic mass is 10.6. The molecule has 0 heterocycles. The fraction of sp³-hybridized carbons (Fsp3) is 1.00. The lowest BCUT2D eigenvalue weighted by Crippen LogP contribution is -2.00. The Morgan fingerprint density at radius 2 is 1.25 bits per heavy atom. The first kappa shape index (κ1) is 8.43. The molecule has 0 bridgehead atoms. The van der Waals surface area contributed by atoms with Crippen molar-refractivity contribution >= 4 is 18.1 Å². The van der Waals surface area contributed by atoms with Gasteiger partial charge in [0.15, 0.2) is 0 Å². The van der Waals surface area contributed by atoms with E-state index in [-0.39, 0.29) is 0 Å². The van der Waals surface area contributed by atoms with Crippen molar-refractivity contribution in [1.29, 1.82) is 0 Å². The Kier molecular flexibility index (Phi) is 7.84. The van der Waals surface area contributed by atoms with Crippen LogP contribution in [-0.2, 0) is 0 Å². The second-order valence-electron chi connectivity index (χ2n) is 2.41. The minimum Gasteiger partial charge on any atom is -0.0657 e. The van der Waals surface area contributed by atoms with E-state index in [1.54, 1.807) is 12.1 Å². The topological polar surface area (TPSA) is 0 Å². The van der Waals surface area contributed by atoms with Crippen LogP contribution in [0.5, 0.6) is 0 Å². The number of hydrogen-bond acceptors (Lipinski definition) is 0. The molecule has 0 saturated carbocycles. The molecule has 0 aliphatic heterocycles. The van der Waals surface area contributed by atoms with E-state index < -0.39 is 0 Å². The summed E-state index contributed by atoms with van der Waals surface area (Å²) in [4.78, 5) is 0. The molecule has 0 aliphatic rings. The van der Waals surface area contributed by atoms with Crippen LogP contribution >= 0.6 is 0 Å². The zero-order chi connectivity index (χ0) is 6.24. The third kappa shape index (κ3) is 6.43. The van der Waals surface area contributed by atoms with Crippen molar-refractivity contribution in [2.45, 2.75) is 38.8 Å². The van der Waals surface area contributed by atoms with E-state index >= 15 is 0 Å². The summed E-state index contributed by atoms with van der Waals surface area (Å²) in [6, 6.07) is 3.26. The van der Waals surface area contributed by atoms with E-state index in [4.69, 9.17) is 0 Å². The molecule has 0 rings (SSSR count). The first-order valence-electron chi connectivity index (χ1n) is 3.91. The Labute approximate surface area is 57.5 Å². The Morgan fingerprint density at radius 3 is 1.50 bits per heavy atom. The van der Waals surface area contributed by atoms with Gasteiger partial charge in [0.05, 0.1) is 0 Å². The zero-order valence-corrected chi connectivity index (χ0v) is 9.07. The van der Waals surface area contributed by atoms with Crippen molar-refractivity contribution in [1.82, 2.24) is 0 Å². The zero-order valence-electron chi connectivity index (χ0n) is 6.24. The van der Waals surface area contributed by atoms with E-state index in [1.165, 1.54) is 12.8 Å². The minimum absolute atomic E-state index is 0.539. The summed E-state index contributed by atoms with van der Waals surface area (Å²) in [6.45, 7) is 4.63. The standard InChI is InChI=1S/C6H18Si2/c1-3-5-7-8-6-4-2/h3-8H2,1-2H3. The first-order valence-corrected chi connectivity index (χ1v) is 9.91. The maximum Gasteiger partial charge on any atom is 0.00795 e. The predicted molar refractivity (Wildman–Crippen MR) is 47.3 cm³/mol. The quantitative estimate of drug-likeness (QED) is 0.399. The molecule has 0 N–H and O–H groups in total. The molecule has 0 radical (unpaired) electrons. The van der Waals surface area contributed by atoms with Crippen LogP contribution in [0.2, 0.25) is 12.1 Å². The molecule has 2 heteroatoms. The summed E-state index contributed by atoms with van der Waals surface area (Å²) in [6.07, 6.45) is 2.92. The lowest BCUT2D eigenvalue weighted by Gasteiger charge is -1.91. The Bertz CT molecular complexity index is 31.5. The molecule has 0 aromatic rings. The lowest BCUT2D eigenvalue weighted by molar-refractivity contribution is 1.07. The predicted octanol–water partition coefficient (Wildman–Crippen LogP) is 0.896. The molecule has 0 atom stereocenters. The summed E-state index contributed by atoms with van der Waals surface area (Å²) in [7, 11) is 1.08. The van der Waals surface area contributed by atoms with Crippen molar-refractivity contribution < 1.29 is 0 Å². The van der Waals surface area contributed by atoms with Gasteiger partial charge in [-0.3, -0.25) is 0 Å². The van der Waals surface area contributed by atoms with Crippen LogP contribution < -0.4 is 0 Å². The highest BCUT2D eigenvalue weighted by atomic mass is 29.1. The summed E-state index contributed by atoms with van der Waals surface area (Å²) in [5, 5.41) is 0. The molecule has 50 valence electrons. The molecule has 0 fully saturated rings. The van der Waals surface area contributed by atoms with Crippen molar-refractivity contribution in [3.8, 4) is 0 Å². The van der Waals surface area contributed by atoms with Gasteiger partial charge in [0.1, 0.15) is 0 Å². The highest BCUT2D eigenvalue weighted by Crippen LogP contribution is 1.88. The number of hydrogen-bond donors (Lipinski definition) is 0. The Hall–Kier alpha value is 0.434. The van der Waals surface area contributed by atoms with Gasteiger partial charge in [0.2, 0.25) is 0 Å². The maximum atomic E-state index is 2.31. The largest absolute Gasteiger partial charge is 0.0657 e. The molecular weight excluding hydrogens is 128 g/mol. The number of rotatable bonds is 5. The molecule has 0 nitrogen and oxygen atoms in total. The molecule has 8 heavy (non-hydrogen) atoms. The highest BCUT2D eigenvalue weighted by molar-refractivity contribution is 7.00. The Balaban J connectivity index is 2.53. The monoisotopic (exact) mass is 146 g/mol. The fourth-order valence-corrected chi connectivity index (χ4v) is 7.68. The van der Waals surface area contributed by atoms with Gasteiger partial charge >= 0.3 is 0 Å². The third-order valence-corrected chi connectivity index (χ3v) is 8.87. The minimum atomic E-state index is 0.539. The van der Waals surface area contributed by atoms with Crippen molar-refractivity contribution in [3.63, 3.8) is 0 Å². The van der Waals surface area contributed by atoms with Gasteiger partial charge in [0.25, 0.3) is 0 Å². The van der Waals surface area contributed by atoms with E-state index in [0.717, 1.165) is 0 Å². The summed E-state index contributed by atoms with van der Waals surface area (Å²) < 4.78 is 0. The third-order valence-electron chi connectivity index (χ3n) is 1.46. The van der Waals surface area contributed by atoms with Gasteiger partial charge in [-0.1, -0.05) is 38.8 Å². The molecule has 0 spiro atoms. The average Bonchev–Trinajstić information content (AvgIpc) is 1.81. The van der Waals surface area contributed by atoms with Crippen LogP contribution in [0.4, 0.5) is 0 Å². The smallest absolute Gasteiger partial charge is 0.00795 e. The van der Waals surface area contributed by atoms with Crippen molar-refractivity contribution in [2.24, 2.45) is 0 Å². The van der Waals surface area contributed by atoms with Gasteiger partial charge in [-0.2, -0.15) is 0 Å². The SMILES string of the molecule is CCC[SiH2][SiH2]CCC. The second-order valence-corrected chi connectivity index (χ2v) is 9.49. The van der Waals surface area contributed by atoms with Gasteiger partial charge in [0, 0.05) is 18.1 Å². The average molecular weight is 146 g/mol. The molecule has 0 aromatic carbocycles. The molecule has 0 unspecified atom stereocenters. The van der Waals surface area contributed by atoms with Crippen molar-refractivity contribution in [2.75, 3.05) is 0 Å². The molecule has 0 aliphatic carbocycles. The van der Waals surface area contributed by atoms with Gasteiger partial charge in [-0.15, -0.1) is 0 Å². The summed E-state index contributed by atoms with van der Waals surface area (Å²) in [5.74, 6) is 0. The van der Waals surface area contributed by atoms with Crippen molar-refractivity contribution in [3.05, 3.63) is 0 Å². The molecule has 0 saturated heterocycles. The van der Waals surface area contributed by atoms with E-state index in [2.05, 4.69) is 13.8 Å². The van der Waals surface area contributed by atoms with Crippen LogP contribution in [0, 0.1) is 0 Å². The van der Waals surface area contributed by atoms with Gasteiger partial charge in [-0.05, 0) is 0 Å². The maximum absolute atomic E-state index is 2.31. The van der Waals surface area contributed by atoms with Gasteiger partial charge in [-0.25, -0.2) is 0 Å². The van der Waals surface area contributed by atoms with Gasteiger partial charge < -0.3 is 0 Å². The van der Waals surface area contributed by atoms with Crippen LogP contribution in [0.15, 0.2) is 0 Å². The van der Waals surface area contributed by atoms with Crippen LogP contribution in [0.1, 0.15) is 26.7 Å². The summed E-state index contributed by atoms with van der Waals surface area (Å²) >= 11 is 0. The van der Waals surface area contributed by atoms with E-state index in [9.17, 15) is 0 Å². The highest BCUT2D eigenvalue weighted by Gasteiger charge is 1.85. The first-order chi connectivity index (χ1) is 3.91. The normalized spacial score (nSPS) is 12.8.